The first-order valence-corrected chi connectivity index (χ1v) is 9.87. The fourth-order valence-electron chi connectivity index (χ4n) is 2.10. The molecule has 0 amide bonds. The normalized spacial score (nSPS) is 20.4. The number of sulfone groups is 1. The Morgan fingerprint density at radius 1 is 1.30 bits per heavy atom. The van der Waals surface area contributed by atoms with Crippen LogP contribution in [0.3, 0.4) is 0 Å². The highest BCUT2D eigenvalue weighted by Gasteiger charge is 2.35. The van der Waals surface area contributed by atoms with Gasteiger partial charge in [-0.1, -0.05) is 0 Å². The summed E-state index contributed by atoms with van der Waals surface area (Å²) in [7, 11) is -6.99. The van der Waals surface area contributed by atoms with Gasteiger partial charge in [0, 0.05) is 24.7 Å². The summed E-state index contributed by atoms with van der Waals surface area (Å²) in [5.41, 5.74) is 5.69. The van der Waals surface area contributed by atoms with Crippen LogP contribution in [0, 0.1) is 0 Å². The van der Waals surface area contributed by atoms with Gasteiger partial charge in [0.05, 0.1) is 11.5 Å². The molecule has 2 aromatic heterocycles. The zero-order chi connectivity index (χ0) is 14.5. The van der Waals surface area contributed by atoms with Crippen molar-refractivity contribution in [1.29, 1.82) is 0 Å². The minimum absolute atomic E-state index is 0.0541. The molecule has 3 rings (SSSR count). The molecular formula is C9H12N4O4S3. The van der Waals surface area contributed by atoms with Crippen LogP contribution in [0.15, 0.2) is 16.6 Å². The van der Waals surface area contributed by atoms with Gasteiger partial charge in [-0.2, -0.15) is 4.31 Å². The van der Waals surface area contributed by atoms with Crippen molar-refractivity contribution in [2.24, 2.45) is 0 Å². The van der Waals surface area contributed by atoms with Crippen molar-refractivity contribution in [2.75, 3.05) is 30.3 Å². The van der Waals surface area contributed by atoms with E-state index in [-0.39, 0.29) is 35.4 Å². The SMILES string of the molecule is Nc1nc2sccn2c1S(=O)(=O)N1CCS(=O)(=O)CC1. The van der Waals surface area contributed by atoms with Gasteiger partial charge >= 0.3 is 0 Å². The van der Waals surface area contributed by atoms with Crippen LogP contribution in [0.1, 0.15) is 0 Å². The third-order valence-electron chi connectivity index (χ3n) is 3.13. The van der Waals surface area contributed by atoms with Crippen molar-refractivity contribution in [3.8, 4) is 0 Å². The Balaban J connectivity index is 2.04. The van der Waals surface area contributed by atoms with E-state index in [9.17, 15) is 16.8 Å². The van der Waals surface area contributed by atoms with Gasteiger partial charge in [0.2, 0.25) is 0 Å². The molecule has 3 heterocycles. The summed E-state index contributed by atoms with van der Waals surface area (Å²) in [5.74, 6) is -0.402. The molecule has 1 aliphatic rings. The standard InChI is InChI=1S/C9H12N4O4S3/c10-7-8(13-1-4-18-9(13)11-7)20(16,17)12-2-5-19(14,15)6-3-12/h1,4H,2-3,5-6,10H2. The molecule has 0 radical (unpaired) electrons. The lowest BCUT2D eigenvalue weighted by molar-refractivity contribution is 0.428. The van der Waals surface area contributed by atoms with Crippen molar-refractivity contribution in [3.05, 3.63) is 11.6 Å². The summed E-state index contributed by atoms with van der Waals surface area (Å²) >= 11 is 1.28. The number of nitrogens with two attached hydrogens (primary N) is 1. The molecule has 2 N–H and O–H groups in total. The number of aromatic nitrogens is 2. The number of imidazole rings is 1. The third kappa shape index (κ3) is 2.10. The first-order valence-electron chi connectivity index (χ1n) is 5.73. The molecule has 0 aliphatic carbocycles. The third-order valence-corrected chi connectivity index (χ3v) is 7.44. The van der Waals surface area contributed by atoms with E-state index < -0.39 is 19.9 Å². The second-order valence-corrected chi connectivity index (χ2v) is 9.44. The van der Waals surface area contributed by atoms with Crippen molar-refractivity contribution in [2.45, 2.75) is 5.03 Å². The van der Waals surface area contributed by atoms with E-state index in [0.29, 0.717) is 4.96 Å². The summed E-state index contributed by atoms with van der Waals surface area (Å²) in [5, 5.41) is 1.62. The van der Waals surface area contributed by atoms with Gasteiger partial charge < -0.3 is 5.73 Å². The number of nitrogen functional groups attached to an aromatic ring is 1. The molecule has 1 saturated heterocycles. The van der Waals surface area contributed by atoms with Gasteiger partial charge in [-0.15, -0.1) is 11.3 Å². The van der Waals surface area contributed by atoms with E-state index in [1.807, 2.05) is 0 Å². The predicted molar refractivity (Wildman–Crippen MR) is 74.9 cm³/mol. The highest BCUT2D eigenvalue weighted by atomic mass is 32.2. The largest absolute Gasteiger partial charge is 0.381 e. The number of anilines is 1. The van der Waals surface area contributed by atoms with Gasteiger partial charge in [-0.05, 0) is 0 Å². The molecular weight excluding hydrogens is 324 g/mol. The molecule has 2 aromatic rings. The first-order chi connectivity index (χ1) is 9.31. The Labute approximate surface area is 119 Å². The predicted octanol–water partition coefficient (Wildman–Crippen LogP) is -0.603. The van der Waals surface area contributed by atoms with Crippen LogP contribution in [0.5, 0.6) is 0 Å². The molecule has 8 nitrogen and oxygen atoms in total. The quantitative estimate of drug-likeness (QED) is 0.783. The fourth-order valence-corrected chi connectivity index (χ4v) is 5.92. The molecule has 0 saturated carbocycles. The van der Waals surface area contributed by atoms with Crippen LogP contribution >= 0.6 is 11.3 Å². The highest BCUT2D eigenvalue weighted by Crippen LogP contribution is 2.27. The van der Waals surface area contributed by atoms with Crippen LogP contribution in [0.2, 0.25) is 0 Å². The maximum Gasteiger partial charge on any atom is 0.262 e. The van der Waals surface area contributed by atoms with Crippen LogP contribution in [-0.2, 0) is 19.9 Å². The highest BCUT2D eigenvalue weighted by molar-refractivity contribution is 7.92. The maximum absolute atomic E-state index is 12.6. The van der Waals surface area contributed by atoms with E-state index in [1.165, 1.54) is 15.7 Å². The van der Waals surface area contributed by atoms with Gasteiger partial charge in [0.25, 0.3) is 10.0 Å². The Kier molecular flexibility index (Phi) is 3.04. The average Bonchev–Trinajstić information content (AvgIpc) is 2.87. The molecule has 1 fully saturated rings. The average molecular weight is 336 g/mol. The fraction of sp³-hybridized carbons (Fsp3) is 0.444. The van der Waals surface area contributed by atoms with Crippen molar-refractivity contribution < 1.29 is 16.8 Å². The van der Waals surface area contributed by atoms with E-state index in [2.05, 4.69) is 4.98 Å². The number of nitrogens with zero attached hydrogens (tertiary/aromatic N) is 3. The Bertz CT molecular complexity index is 850. The van der Waals surface area contributed by atoms with Crippen LogP contribution in [-0.4, -0.2) is 55.1 Å². The molecule has 0 bridgehead atoms. The topological polar surface area (TPSA) is 115 Å². The molecule has 11 heteroatoms. The van der Waals surface area contributed by atoms with E-state index in [1.54, 1.807) is 11.6 Å². The first kappa shape index (κ1) is 13.8. The maximum atomic E-state index is 12.6. The number of hydrogen-bond acceptors (Lipinski definition) is 7. The Morgan fingerprint density at radius 3 is 2.60 bits per heavy atom. The molecule has 0 spiro atoms. The summed E-state index contributed by atoms with van der Waals surface area (Å²) < 4.78 is 50.5. The molecule has 0 unspecified atom stereocenters. The summed E-state index contributed by atoms with van der Waals surface area (Å²) in [6.45, 7) is -0.108. The Hall–Kier alpha value is -1.17. The van der Waals surface area contributed by atoms with E-state index in [4.69, 9.17) is 5.73 Å². The monoisotopic (exact) mass is 336 g/mol. The second-order valence-electron chi connectivity index (χ2n) is 4.41. The van der Waals surface area contributed by atoms with Crippen LogP contribution in [0.25, 0.3) is 4.96 Å². The summed E-state index contributed by atoms with van der Waals surface area (Å²) in [6.07, 6.45) is 1.58. The Morgan fingerprint density at radius 2 is 1.95 bits per heavy atom. The smallest absolute Gasteiger partial charge is 0.262 e. The van der Waals surface area contributed by atoms with Crippen molar-refractivity contribution in [1.82, 2.24) is 13.7 Å². The number of fused-ring (bicyclic) bond motifs is 1. The van der Waals surface area contributed by atoms with E-state index >= 15 is 0 Å². The molecule has 1 aliphatic heterocycles. The number of thiazole rings is 1. The summed E-state index contributed by atoms with van der Waals surface area (Å²) in [6, 6.07) is 0. The number of rotatable bonds is 2. The second kappa shape index (κ2) is 4.41. The minimum atomic E-state index is -3.85. The van der Waals surface area contributed by atoms with Crippen LogP contribution < -0.4 is 5.73 Å². The van der Waals surface area contributed by atoms with Crippen molar-refractivity contribution >= 4 is 42.0 Å². The lowest BCUT2D eigenvalue weighted by Gasteiger charge is -2.25. The van der Waals surface area contributed by atoms with E-state index in [0.717, 1.165) is 4.31 Å². The lowest BCUT2D eigenvalue weighted by Crippen LogP contribution is -2.44. The van der Waals surface area contributed by atoms with Gasteiger partial charge in [-0.3, -0.25) is 4.40 Å². The molecule has 20 heavy (non-hydrogen) atoms. The van der Waals surface area contributed by atoms with Gasteiger partial charge in [0.15, 0.2) is 25.6 Å². The molecule has 110 valence electrons. The summed E-state index contributed by atoms with van der Waals surface area (Å²) in [4.78, 5) is 4.49. The van der Waals surface area contributed by atoms with Crippen molar-refractivity contribution in [3.63, 3.8) is 0 Å². The molecule has 0 aromatic carbocycles. The lowest BCUT2D eigenvalue weighted by atomic mass is 10.6. The van der Waals surface area contributed by atoms with Crippen LogP contribution in [0.4, 0.5) is 5.82 Å². The molecule has 0 atom stereocenters. The zero-order valence-corrected chi connectivity index (χ0v) is 12.7. The number of sulfonamides is 1. The van der Waals surface area contributed by atoms with Gasteiger partial charge in [0.1, 0.15) is 0 Å². The zero-order valence-electron chi connectivity index (χ0n) is 10.3. The minimum Gasteiger partial charge on any atom is -0.381 e. The van der Waals surface area contributed by atoms with Gasteiger partial charge in [-0.25, -0.2) is 21.8 Å². The number of hydrogen-bond donors (Lipinski definition) is 1.